The van der Waals surface area contributed by atoms with Gasteiger partial charge in [0.05, 0.1) is 0 Å². The lowest BCUT2D eigenvalue weighted by Gasteiger charge is -2.14. The van der Waals surface area contributed by atoms with Crippen LogP contribution in [-0.2, 0) is 4.74 Å². The predicted octanol–water partition coefficient (Wildman–Crippen LogP) is 3.96. The van der Waals surface area contributed by atoms with Crippen molar-refractivity contribution in [2.24, 2.45) is 0 Å². The van der Waals surface area contributed by atoms with Crippen molar-refractivity contribution in [1.82, 2.24) is 0 Å². The monoisotopic (exact) mass is 244 g/mol. The molecule has 1 nitrogen and oxygen atoms in total. The SMILES string of the molecule is COCCCCC(CCl)c1ccccc1F. The lowest BCUT2D eigenvalue weighted by molar-refractivity contribution is 0.191. The topological polar surface area (TPSA) is 9.23 Å². The van der Waals surface area contributed by atoms with Crippen molar-refractivity contribution in [2.75, 3.05) is 19.6 Å². The molecule has 0 saturated heterocycles. The molecule has 0 saturated carbocycles. The Hall–Kier alpha value is -0.600. The molecule has 0 aliphatic heterocycles. The first-order valence-corrected chi connectivity index (χ1v) is 6.12. The van der Waals surface area contributed by atoms with E-state index in [9.17, 15) is 4.39 Å². The van der Waals surface area contributed by atoms with Crippen molar-refractivity contribution in [3.63, 3.8) is 0 Å². The molecule has 16 heavy (non-hydrogen) atoms. The number of hydrogen-bond donors (Lipinski definition) is 0. The number of ether oxygens (including phenoxy) is 1. The van der Waals surface area contributed by atoms with Crippen LogP contribution in [0.4, 0.5) is 4.39 Å². The highest BCUT2D eigenvalue weighted by atomic mass is 35.5. The summed E-state index contributed by atoms with van der Waals surface area (Å²) in [6.07, 6.45) is 2.92. The largest absolute Gasteiger partial charge is 0.385 e. The van der Waals surface area contributed by atoms with Gasteiger partial charge in [-0.25, -0.2) is 4.39 Å². The van der Waals surface area contributed by atoms with Gasteiger partial charge in [-0.1, -0.05) is 24.6 Å². The van der Waals surface area contributed by atoms with Crippen LogP contribution >= 0.6 is 11.6 Å². The van der Waals surface area contributed by atoms with Gasteiger partial charge in [-0.3, -0.25) is 0 Å². The molecule has 90 valence electrons. The Bertz CT molecular complexity index is 304. The van der Waals surface area contributed by atoms with E-state index in [0.29, 0.717) is 5.88 Å². The van der Waals surface area contributed by atoms with Gasteiger partial charge in [-0.2, -0.15) is 0 Å². The number of unbranched alkanes of at least 4 members (excludes halogenated alkanes) is 1. The number of methoxy groups -OCH3 is 1. The molecule has 1 rings (SSSR count). The Labute approximate surface area is 102 Å². The maximum absolute atomic E-state index is 13.5. The first-order valence-electron chi connectivity index (χ1n) is 5.59. The summed E-state index contributed by atoms with van der Waals surface area (Å²) >= 11 is 5.89. The summed E-state index contributed by atoms with van der Waals surface area (Å²) in [6.45, 7) is 0.756. The first kappa shape index (κ1) is 13.5. The van der Waals surface area contributed by atoms with Crippen LogP contribution in [0.3, 0.4) is 0 Å². The second-order valence-electron chi connectivity index (χ2n) is 3.86. The van der Waals surface area contributed by atoms with Gasteiger partial charge in [0.2, 0.25) is 0 Å². The van der Waals surface area contributed by atoms with E-state index in [-0.39, 0.29) is 11.7 Å². The van der Waals surface area contributed by atoms with E-state index >= 15 is 0 Å². The molecule has 0 spiro atoms. The average molecular weight is 245 g/mol. The highest BCUT2D eigenvalue weighted by Crippen LogP contribution is 2.25. The molecule has 0 aromatic heterocycles. The van der Waals surface area contributed by atoms with E-state index in [1.54, 1.807) is 13.2 Å². The summed E-state index contributed by atoms with van der Waals surface area (Å²) in [4.78, 5) is 0. The van der Waals surface area contributed by atoms with Crippen molar-refractivity contribution < 1.29 is 9.13 Å². The van der Waals surface area contributed by atoms with E-state index in [2.05, 4.69) is 0 Å². The second kappa shape index (κ2) is 7.64. The zero-order valence-corrected chi connectivity index (χ0v) is 10.3. The fraction of sp³-hybridized carbons (Fsp3) is 0.538. The van der Waals surface area contributed by atoms with Crippen molar-refractivity contribution >= 4 is 11.6 Å². The molecule has 0 amide bonds. The minimum atomic E-state index is -0.153. The minimum absolute atomic E-state index is 0.111. The molecular formula is C13H18ClFO. The van der Waals surface area contributed by atoms with E-state index in [1.165, 1.54) is 6.07 Å². The van der Waals surface area contributed by atoms with Gasteiger partial charge in [0.1, 0.15) is 5.82 Å². The molecule has 1 aromatic rings. The van der Waals surface area contributed by atoms with Gasteiger partial charge in [0, 0.05) is 25.5 Å². The molecule has 0 N–H and O–H groups in total. The summed E-state index contributed by atoms with van der Waals surface area (Å²) in [5, 5.41) is 0. The highest BCUT2D eigenvalue weighted by Gasteiger charge is 2.13. The van der Waals surface area contributed by atoms with Crippen molar-refractivity contribution in [3.8, 4) is 0 Å². The van der Waals surface area contributed by atoms with Crippen LogP contribution in [0, 0.1) is 5.82 Å². The van der Waals surface area contributed by atoms with Gasteiger partial charge >= 0.3 is 0 Å². The smallest absolute Gasteiger partial charge is 0.126 e. The Balaban J connectivity index is 2.51. The summed E-state index contributed by atoms with van der Waals surface area (Å²) in [5.74, 6) is 0.424. The predicted molar refractivity (Wildman–Crippen MR) is 65.6 cm³/mol. The van der Waals surface area contributed by atoms with Crippen molar-refractivity contribution in [3.05, 3.63) is 35.6 Å². The van der Waals surface area contributed by atoms with E-state index in [0.717, 1.165) is 31.4 Å². The van der Waals surface area contributed by atoms with E-state index in [4.69, 9.17) is 16.3 Å². The maximum Gasteiger partial charge on any atom is 0.126 e. The average Bonchev–Trinajstić information content (AvgIpc) is 2.31. The van der Waals surface area contributed by atoms with Crippen LogP contribution in [0.2, 0.25) is 0 Å². The van der Waals surface area contributed by atoms with Crippen LogP contribution in [0.15, 0.2) is 24.3 Å². The number of hydrogen-bond acceptors (Lipinski definition) is 1. The molecule has 1 aromatic carbocycles. The Kier molecular flexibility index (Phi) is 6.43. The minimum Gasteiger partial charge on any atom is -0.385 e. The molecule has 3 heteroatoms. The first-order chi connectivity index (χ1) is 7.79. The molecular weight excluding hydrogens is 227 g/mol. The maximum atomic E-state index is 13.5. The quantitative estimate of drug-likeness (QED) is 0.521. The molecule has 0 heterocycles. The summed E-state index contributed by atoms with van der Waals surface area (Å²) in [6, 6.07) is 6.87. The van der Waals surface area contributed by atoms with Crippen molar-refractivity contribution in [1.29, 1.82) is 0 Å². The van der Waals surface area contributed by atoms with Crippen LogP contribution in [0.5, 0.6) is 0 Å². The van der Waals surface area contributed by atoms with Gasteiger partial charge < -0.3 is 4.74 Å². The Morgan fingerprint density at radius 2 is 2.06 bits per heavy atom. The summed E-state index contributed by atoms with van der Waals surface area (Å²) in [7, 11) is 1.69. The lowest BCUT2D eigenvalue weighted by Crippen LogP contribution is -2.04. The van der Waals surface area contributed by atoms with Gasteiger partial charge in [0.15, 0.2) is 0 Å². The Morgan fingerprint density at radius 1 is 1.31 bits per heavy atom. The molecule has 0 radical (unpaired) electrons. The van der Waals surface area contributed by atoms with Crippen LogP contribution in [0.1, 0.15) is 30.7 Å². The van der Waals surface area contributed by atoms with E-state index < -0.39 is 0 Å². The second-order valence-corrected chi connectivity index (χ2v) is 4.17. The van der Waals surface area contributed by atoms with Gasteiger partial charge in [-0.05, 0) is 24.5 Å². The molecule has 0 aliphatic carbocycles. The van der Waals surface area contributed by atoms with Gasteiger partial charge in [-0.15, -0.1) is 11.6 Å². The number of benzene rings is 1. The summed E-state index contributed by atoms with van der Waals surface area (Å²) in [5.41, 5.74) is 0.731. The zero-order chi connectivity index (χ0) is 11.8. The zero-order valence-electron chi connectivity index (χ0n) is 9.59. The van der Waals surface area contributed by atoms with Crippen LogP contribution in [-0.4, -0.2) is 19.6 Å². The lowest BCUT2D eigenvalue weighted by atomic mass is 9.95. The molecule has 0 bridgehead atoms. The molecule has 1 unspecified atom stereocenters. The van der Waals surface area contributed by atoms with Gasteiger partial charge in [0.25, 0.3) is 0 Å². The number of alkyl halides is 1. The third-order valence-corrected chi connectivity index (χ3v) is 3.05. The van der Waals surface area contributed by atoms with E-state index in [1.807, 2.05) is 12.1 Å². The third-order valence-electron chi connectivity index (χ3n) is 2.68. The van der Waals surface area contributed by atoms with Crippen molar-refractivity contribution in [2.45, 2.75) is 25.2 Å². The highest BCUT2D eigenvalue weighted by molar-refractivity contribution is 6.18. The van der Waals surface area contributed by atoms with Crippen LogP contribution in [0.25, 0.3) is 0 Å². The number of halogens is 2. The standard InChI is InChI=1S/C13H18ClFO/c1-16-9-5-4-6-11(10-14)12-7-2-3-8-13(12)15/h2-3,7-8,11H,4-6,9-10H2,1H3. The fourth-order valence-corrected chi connectivity index (χ4v) is 2.08. The molecule has 1 atom stereocenters. The summed E-state index contributed by atoms with van der Waals surface area (Å²) < 4.78 is 18.5. The number of rotatable bonds is 7. The van der Waals surface area contributed by atoms with Crippen LogP contribution < -0.4 is 0 Å². The fourth-order valence-electron chi connectivity index (χ4n) is 1.76. The third kappa shape index (κ3) is 4.11. The molecule has 0 fully saturated rings. The molecule has 0 aliphatic rings. The normalized spacial score (nSPS) is 12.7. The Morgan fingerprint density at radius 3 is 2.69 bits per heavy atom.